The lowest BCUT2D eigenvalue weighted by Gasteiger charge is -2.45. The number of hydrogen-bond donors (Lipinski definition) is 12. The molecular weight excluding hydrogens is 692 g/mol. The number of carbonyl (C=O) groups is 4. The Morgan fingerprint density at radius 1 is 0.922 bits per heavy atom. The van der Waals surface area contributed by atoms with Gasteiger partial charge >= 0.3 is 17.9 Å². The number of aliphatic hydroxyl groups excluding tert-OH is 6. The number of hydrogen-bond acceptors (Lipinski definition) is 17. The minimum atomic E-state index is -2.09. The van der Waals surface area contributed by atoms with Gasteiger partial charge in [0.2, 0.25) is 6.29 Å². The minimum Gasteiger partial charge on any atom is -0.544 e. The summed E-state index contributed by atoms with van der Waals surface area (Å²) in [4.78, 5) is 47.0. The molecule has 2 saturated heterocycles. The number of carboxylic acids is 4. The van der Waals surface area contributed by atoms with Crippen molar-refractivity contribution in [1.29, 1.82) is 0 Å². The standard InChI is InChI=1S/C30H36N2O19/c33-8-17-18(35)20(37)24(51-29-22(39)19(36)21(38)23(50-29)28(46)47)30(49-17)48-16-6-10-5-14(27(44)45)32(13(10)7-15(16)34)2-1-9-3-11(25(40)41)31-12(4-9)26(42)43/h1,3,6-7,12,14,17-24,29-31,33-39H,2,4-5,8H2,(H,40,41)(H,42,43)(H,44,45)(H,46,47)/b9-1-/t12-,14-,17+,18+,19-,20-,21-,22-,23-,24+,29-,30+/m0/s1. The van der Waals surface area contributed by atoms with Crippen molar-refractivity contribution in [3.05, 3.63) is 41.1 Å². The molecule has 4 aliphatic heterocycles. The average molecular weight is 729 g/mol. The number of ether oxygens (including phenoxy) is 4. The van der Waals surface area contributed by atoms with Gasteiger partial charge in [-0.1, -0.05) is 0 Å². The Morgan fingerprint density at radius 2 is 1.63 bits per heavy atom. The van der Waals surface area contributed by atoms with Gasteiger partial charge in [0.1, 0.15) is 72.6 Å². The number of rotatable bonds is 11. The molecule has 280 valence electrons. The predicted molar refractivity (Wildman–Crippen MR) is 157 cm³/mol. The lowest BCUT2D eigenvalue weighted by molar-refractivity contribution is -0.840. The van der Waals surface area contributed by atoms with Gasteiger partial charge in [-0.2, -0.15) is 0 Å². The summed E-state index contributed by atoms with van der Waals surface area (Å²) < 4.78 is 21.9. The van der Waals surface area contributed by atoms with Crippen molar-refractivity contribution >= 4 is 29.6 Å². The molecular formula is C30H36N2O19. The first-order chi connectivity index (χ1) is 24.0. The summed E-state index contributed by atoms with van der Waals surface area (Å²) in [6.07, 6.45) is -17.0. The monoisotopic (exact) mass is 728 g/mol. The van der Waals surface area contributed by atoms with Crippen LogP contribution in [0.2, 0.25) is 0 Å². The molecule has 1 aromatic carbocycles. The quantitative estimate of drug-likeness (QED) is 0.101. The SMILES string of the molecule is O=C(O)C1=C/C(=C/C[NH+]2c3cc(O)c(O[C@@H]4O[C@H](CO)[C@@H](O)[C@H](O)[C@H]4O[C@@H]4O[C@H](C(=O)O)[C@@H](O)[C@H](O)[C@@H]4O)cc3C[C@H]2C(=O)[O-])C[C@@H](C(=O)O)N1. The van der Waals surface area contributed by atoms with Crippen molar-refractivity contribution in [3.63, 3.8) is 0 Å². The average Bonchev–Trinajstić information content (AvgIpc) is 3.43. The zero-order chi connectivity index (χ0) is 37.5. The smallest absolute Gasteiger partial charge is 0.351 e. The summed E-state index contributed by atoms with van der Waals surface area (Å²) in [5, 5.41) is 115. The van der Waals surface area contributed by atoms with Gasteiger partial charge in [-0.05, 0) is 23.8 Å². The molecule has 4 aliphatic rings. The van der Waals surface area contributed by atoms with E-state index < -0.39 is 110 Å². The van der Waals surface area contributed by atoms with Gasteiger partial charge in [0.15, 0.2) is 30.0 Å². The fourth-order valence-corrected chi connectivity index (χ4v) is 6.34. The van der Waals surface area contributed by atoms with Crippen LogP contribution in [0.4, 0.5) is 5.69 Å². The van der Waals surface area contributed by atoms with Gasteiger partial charge in [-0.15, -0.1) is 0 Å². The van der Waals surface area contributed by atoms with Gasteiger partial charge in [0.25, 0.3) is 0 Å². The molecule has 21 heteroatoms. The number of nitrogens with one attached hydrogen (secondary N) is 2. The van der Waals surface area contributed by atoms with E-state index in [1.807, 2.05) is 0 Å². The Bertz CT molecular complexity index is 1600. The highest BCUT2D eigenvalue weighted by molar-refractivity contribution is 5.89. The van der Waals surface area contributed by atoms with E-state index in [9.17, 15) is 75.3 Å². The molecule has 0 bridgehead atoms. The zero-order valence-corrected chi connectivity index (χ0v) is 26.2. The number of benzene rings is 1. The number of carboxylic acid groups (broad SMARTS) is 4. The van der Waals surface area contributed by atoms with E-state index in [4.69, 9.17) is 18.9 Å². The van der Waals surface area contributed by atoms with Crippen molar-refractivity contribution in [3.8, 4) is 11.5 Å². The van der Waals surface area contributed by atoms with Crippen LogP contribution in [0.15, 0.2) is 35.6 Å². The molecule has 0 amide bonds. The first-order valence-corrected chi connectivity index (χ1v) is 15.5. The number of aromatic hydroxyl groups is 1. The van der Waals surface area contributed by atoms with Crippen LogP contribution in [0.3, 0.4) is 0 Å². The van der Waals surface area contributed by atoms with Crippen molar-refractivity contribution in [2.45, 2.75) is 86.3 Å². The molecule has 1 unspecified atom stereocenters. The van der Waals surface area contributed by atoms with Gasteiger partial charge in [-0.3, -0.25) is 4.90 Å². The number of quaternary nitrogens is 1. The van der Waals surface area contributed by atoms with Crippen LogP contribution in [-0.4, -0.2) is 162 Å². The van der Waals surface area contributed by atoms with Crippen LogP contribution >= 0.6 is 0 Å². The highest BCUT2D eigenvalue weighted by Crippen LogP contribution is 2.37. The number of allylic oxidation sites excluding steroid dienone is 1. The van der Waals surface area contributed by atoms with E-state index in [1.54, 1.807) is 0 Å². The Labute approximate surface area is 286 Å². The minimum absolute atomic E-state index is 0.109. The largest absolute Gasteiger partial charge is 0.544 e. The molecule has 0 radical (unpaired) electrons. The maximum absolute atomic E-state index is 12.2. The van der Waals surface area contributed by atoms with E-state index in [0.29, 0.717) is 11.1 Å². The van der Waals surface area contributed by atoms with Crippen molar-refractivity contribution < 1.29 is 99.2 Å². The van der Waals surface area contributed by atoms with Crippen LogP contribution in [0.1, 0.15) is 12.0 Å². The fraction of sp³-hybridized carbons (Fsp3) is 0.533. The molecule has 2 fully saturated rings. The van der Waals surface area contributed by atoms with Crippen molar-refractivity contribution in [2.24, 2.45) is 0 Å². The zero-order valence-electron chi connectivity index (χ0n) is 26.2. The van der Waals surface area contributed by atoms with Gasteiger partial charge in [0, 0.05) is 24.5 Å². The third kappa shape index (κ3) is 7.62. The Morgan fingerprint density at radius 3 is 2.24 bits per heavy atom. The molecule has 21 nitrogen and oxygen atoms in total. The second kappa shape index (κ2) is 15.1. The molecule has 0 saturated carbocycles. The number of phenols is 1. The molecule has 12 N–H and O–H groups in total. The molecule has 0 aliphatic carbocycles. The fourth-order valence-electron chi connectivity index (χ4n) is 6.34. The lowest BCUT2D eigenvalue weighted by Crippen LogP contribution is -3.11. The van der Waals surface area contributed by atoms with E-state index in [2.05, 4.69) is 5.32 Å². The van der Waals surface area contributed by atoms with E-state index in [1.165, 1.54) is 18.2 Å². The van der Waals surface area contributed by atoms with Crippen LogP contribution in [0.25, 0.3) is 0 Å². The predicted octanol–water partition coefficient (Wildman–Crippen LogP) is -6.98. The van der Waals surface area contributed by atoms with Crippen molar-refractivity contribution in [1.82, 2.24) is 5.32 Å². The van der Waals surface area contributed by atoms with Gasteiger partial charge in [0.05, 0.1) is 6.61 Å². The lowest BCUT2D eigenvalue weighted by atomic mass is 9.97. The summed E-state index contributed by atoms with van der Waals surface area (Å²) >= 11 is 0. The van der Waals surface area contributed by atoms with E-state index >= 15 is 0 Å². The Hall–Kier alpha value is -4.42. The third-order valence-electron chi connectivity index (χ3n) is 9.04. The first-order valence-electron chi connectivity index (χ1n) is 15.5. The number of fused-ring (bicyclic) bond motifs is 1. The summed E-state index contributed by atoms with van der Waals surface area (Å²) in [6.45, 7) is -0.967. The van der Waals surface area contributed by atoms with Crippen LogP contribution in [0.5, 0.6) is 11.5 Å². The highest BCUT2D eigenvalue weighted by Gasteiger charge is 2.53. The number of aliphatic carboxylic acids is 4. The Balaban J connectivity index is 1.42. The number of phenolic OH excluding ortho intramolecular Hbond substituents is 1. The molecule has 5 rings (SSSR count). The van der Waals surface area contributed by atoms with Gasteiger partial charge in [-0.25, -0.2) is 14.4 Å². The van der Waals surface area contributed by atoms with Crippen molar-refractivity contribution in [2.75, 3.05) is 13.2 Å². The second-order valence-corrected chi connectivity index (χ2v) is 12.3. The van der Waals surface area contributed by atoms with E-state index in [-0.39, 0.29) is 41.4 Å². The first kappa shape index (κ1) is 37.8. The summed E-state index contributed by atoms with van der Waals surface area (Å²) in [6, 6.07) is -0.110. The molecule has 0 aromatic heterocycles. The summed E-state index contributed by atoms with van der Waals surface area (Å²) in [5.41, 5.74) is 0.482. The highest BCUT2D eigenvalue weighted by atomic mass is 16.8. The van der Waals surface area contributed by atoms with Gasteiger partial charge < -0.3 is 85.2 Å². The number of aliphatic hydroxyl groups is 6. The molecule has 1 aromatic rings. The Kier molecular flexibility index (Phi) is 11.2. The normalized spacial score (nSPS) is 37.2. The second-order valence-electron chi connectivity index (χ2n) is 12.3. The number of carbonyl (C=O) groups excluding carboxylic acids is 1. The summed E-state index contributed by atoms with van der Waals surface area (Å²) in [7, 11) is 0. The topological polar surface area (TPSA) is 347 Å². The maximum Gasteiger partial charge on any atom is 0.351 e. The van der Waals surface area contributed by atoms with E-state index in [0.717, 1.165) is 6.07 Å². The molecule has 4 heterocycles. The molecule has 51 heavy (non-hydrogen) atoms. The third-order valence-corrected chi connectivity index (χ3v) is 9.04. The summed E-state index contributed by atoms with van der Waals surface area (Å²) in [5.74, 6) is -6.92. The van der Waals surface area contributed by atoms with Crippen LogP contribution in [0, 0.1) is 0 Å². The van der Waals surface area contributed by atoms with Crippen LogP contribution in [-0.2, 0) is 39.8 Å². The molecule has 13 atom stereocenters. The van der Waals surface area contributed by atoms with Crippen LogP contribution < -0.4 is 20.1 Å². The maximum atomic E-state index is 12.2. The molecule has 0 spiro atoms.